The van der Waals surface area contributed by atoms with Gasteiger partial charge in [0, 0.05) is 31.3 Å². The normalized spacial score (nSPS) is 19.6. The summed E-state index contributed by atoms with van der Waals surface area (Å²) in [5.74, 6) is -1.50. The molecule has 1 saturated heterocycles. The SMILES string of the molecule is CCN(CCN1C(=O)[C@H](C)S[C@H]1c1ccc(F)cc1F)C(=O)c1cccs1. The van der Waals surface area contributed by atoms with Crippen molar-refractivity contribution in [2.45, 2.75) is 24.5 Å². The van der Waals surface area contributed by atoms with E-state index in [2.05, 4.69) is 0 Å². The van der Waals surface area contributed by atoms with E-state index in [-0.39, 0.29) is 22.6 Å². The van der Waals surface area contributed by atoms with E-state index in [0.29, 0.717) is 24.5 Å². The molecule has 27 heavy (non-hydrogen) atoms. The number of carbonyl (C=O) groups is 2. The van der Waals surface area contributed by atoms with Gasteiger partial charge in [0.25, 0.3) is 5.91 Å². The monoisotopic (exact) mass is 410 g/mol. The standard InChI is InChI=1S/C19H20F2N2O2S2/c1-3-22(18(25)16-5-4-10-26-16)8-9-23-17(24)12(2)27-19(23)14-7-6-13(20)11-15(14)21/h4-7,10-12,19H,3,8-9H2,1-2H3/t12-,19-/m0/s1. The average Bonchev–Trinajstić information content (AvgIpc) is 3.26. The Morgan fingerprint density at radius 3 is 2.70 bits per heavy atom. The molecule has 3 rings (SSSR count). The molecule has 2 atom stereocenters. The zero-order valence-corrected chi connectivity index (χ0v) is 16.7. The Balaban J connectivity index is 1.76. The molecule has 8 heteroatoms. The first-order valence-corrected chi connectivity index (χ1v) is 10.5. The molecule has 4 nitrogen and oxygen atoms in total. The van der Waals surface area contributed by atoms with Crippen LogP contribution in [-0.4, -0.2) is 46.5 Å². The molecule has 1 fully saturated rings. The highest BCUT2D eigenvalue weighted by atomic mass is 32.2. The maximum absolute atomic E-state index is 14.3. The molecule has 1 aromatic carbocycles. The first-order chi connectivity index (χ1) is 12.9. The number of thiophene rings is 1. The van der Waals surface area contributed by atoms with Crippen molar-refractivity contribution in [2.75, 3.05) is 19.6 Å². The molecule has 2 heterocycles. The summed E-state index contributed by atoms with van der Waals surface area (Å²) in [5.41, 5.74) is 0.284. The van der Waals surface area contributed by atoms with Crippen molar-refractivity contribution < 1.29 is 18.4 Å². The molecule has 0 aliphatic carbocycles. The molecule has 1 aliphatic heterocycles. The minimum atomic E-state index is -0.665. The average molecular weight is 411 g/mol. The zero-order chi connectivity index (χ0) is 19.6. The highest BCUT2D eigenvalue weighted by molar-refractivity contribution is 8.01. The molecule has 0 spiro atoms. The van der Waals surface area contributed by atoms with Crippen molar-refractivity contribution in [2.24, 2.45) is 0 Å². The number of thioether (sulfide) groups is 1. The number of nitrogens with zero attached hydrogens (tertiary/aromatic N) is 2. The van der Waals surface area contributed by atoms with Crippen LogP contribution >= 0.6 is 23.1 Å². The van der Waals surface area contributed by atoms with Crippen LogP contribution in [0.15, 0.2) is 35.7 Å². The fraction of sp³-hybridized carbons (Fsp3) is 0.368. The molecule has 0 unspecified atom stereocenters. The number of amides is 2. The zero-order valence-electron chi connectivity index (χ0n) is 15.0. The lowest BCUT2D eigenvalue weighted by atomic mass is 10.2. The molecule has 0 N–H and O–H groups in total. The van der Waals surface area contributed by atoms with Gasteiger partial charge in [-0.05, 0) is 31.4 Å². The van der Waals surface area contributed by atoms with Crippen molar-refractivity contribution in [1.82, 2.24) is 9.80 Å². The predicted octanol–water partition coefficient (Wildman–Crippen LogP) is 4.15. The van der Waals surface area contributed by atoms with E-state index in [1.807, 2.05) is 18.4 Å². The Bertz CT molecular complexity index is 829. The number of halogens is 2. The molecule has 2 aromatic rings. The number of carbonyl (C=O) groups excluding carboxylic acids is 2. The highest BCUT2D eigenvalue weighted by Crippen LogP contribution is 2.43. The van der Waals surface area contributed by atoms with Crippen molar-refractivity contribution in [3.8, 4) is 0 Å². The van der Waals surface area contributed by atoms with Crippen LogP contribution in [0.3, 0.4) is 0 Å². The van der Waals surface area contributed by atoms with Crippen LogP contribution in [0.4, 0.5) is 8.78 Å². The summed E-state index contributed by atoms with van der Waals surface area (Å²) >= 11 is 2.71. The van der Waals surface area contributed by atoms with Crippen molar-refractivity contribution in [3.05, 3.63) is 57.8 Å². The highest BCUT2D eigenvalue weighted by Gasteiger charge is 2.39. The summed E-state index contributed by atoms with van der Waals surface area (Å²) < 4.78 is 27.5. The van der Waals surface area contributed by atoms with Gasteiger partial charge in [-0.2, -0.15) is 0 Å². The summed E-state index contributed by atoms with van der Waals surface area (Å²) in [5, 5.41) is 1.00. The Morgan fingerprint density at radius 2 is 2.07 bits per heavy atom. The molecular formula is C19H20F2N2O2S2. The van der Waals surface area contributed by atoms with E-state index in [9.17, 15) is 18.4 Å². The number of rotatable bonds is 6. The molecule has 144 valence electrons. The molecule has 1 aliphatic rings. The van der Waals surface area contributed by atoms with E-state index >= 15 is 0 Å². The number of hydrogen-bond donors (Lipinski definition) is 0. The minimum absolute atomic E-state index is 0.0793. The Morgan fingerprint density at radius 1 is 1.30 bits per heavy atom. The largest absolute Gasteiger partial charge is 0.336 e. The van der Waals surface area contributed by atoms with Gasteiger partial charge in [0.05, 0.1) is 10.1 Å². The van der Waals surface area contributed by atoms with Gasteiger partial charge in [0.15, 0.2) is 0 Å². The van der Waals surface area contributed by atoms with E-state index in [1.54, 1.807) is 22.8 Å². The predicted molar refractivity (Wildman–Crippen MR) is 104 cm³/mol. The summed E-state index contributed by atoms with van der Waals surface area (Å²) in [6.07, 6.45) is 0. The van der Waals surface area contributed by atoms with Crippen LogP contribution in [0.5, 0.6) is 0 Å². The lowest BCUT2D eigenvalue weighted by molar-refractivity contribution is -0.130. The summed E-state index contributed by atoms with van der Waals surface area (Å²) in [6, 6.07) is 7.01. The van der Waals surface area contributed by atoms with Crippen molar-refractivity contribution in [1.29, 1.82) is 0 Å². The Kier molecular flexibility index (Phi) is 6.16. The smallest absolute Gasteiger partial charge is 0.263 e. The fourth-order valence-electron chi connectivity index (χ4n) is 3.03. The molecule has 2 amide bonds. The first kappa shape index (κ1) is 19.8. The van der Waals surface area contributed by atoms with E-state index in [0.717, 1.165) is 6.07 Å². The van der Waals surface area contributed by atoms with Crippen molar-refractivity contribution in [3.63, 3.8) is 0 Å². The lowest BCUT2D eigenvalue weighted by Gasteiger charge is -2.28. The third-order valence-electron chi connectivity index (χ3n) is 4.49. The van der Waals surface area contributed by atoms with Crippen LogP contribution in [0.1, 0.15) is 34.5 Å². The van der Waals surface area contributed by atoms with E-state index < -0.39 is 17.0 Å². The van der Waals surface area contributed by atoms with Crippen molar-refractivity contribution >= 4 is 34.9 Å². The van der Waals surface area contributed by atoms with Crippen LogP contribution in [0.2, 0.25) is 0 Å². The van der Waals surface area contributed by atoms with Gasteiger partial charge in [0.1, 0.15) is 17.0 Å². The lowest BCUT2D eigenvalue weighted by Crippen LogP contribution is -2.40. The molecule has 1 aromatic heterocycles. The van der Waals surface area contributed by atoms with Gasteiger partial charge in [0.2, 0.25) is 5.91 Å². The molecule has 0 bridgehead atoms. The van der Waals surface area contributed by atoms with Gasteiger partial charge in [-0.1, -0.05) is 12.1 Å². The number of hydrogen-bond acceptors (Lipinski definition) is 4. The van der Waals surface area contributed by atoms with E-state index in [1.165, 1.54) is 35.2 Å². The number of likely N-dealkylation sites (N-methyl/N-ethyl adjacent to an activating group) is 1. The topological polar surface area (TPSA) is 40.6 Å². The van der Waals surface area contributed by atoms with Crippen LogP contribution in [0, 0.1) is 11.6 Å². The summed E-state index contributed by atoms with van der Waals surface area (Å²) in [6.45, 7) is 4.81. The van der Waals surface area contributed by atoms with Crippen LogP contribution in [0.25, 0.3) is 0 Å². The molecule has 0 radical (unpaired) electrons. The molecular weight excluding hydrogens is 390 g/mol. The van der Waals surface area contributed by atoms with Crippen LogP contribution in [-0.2, 0) is 4.79 Å². The van der Waals surface area contributed by atoms with E-state index in [4.69, 9.17) is 0 Å². The first-order valence-electron chi connectivity index (χ1n) is 8.66. The second-order valence-electron chi connectivity index (χ2n) is 6.19. The number of benzene rings is 1. The Labute approximate surface area is 165 Å². The molecule has 0 saturated carbocycles. The minimum Gasteiger partial charge on any atom is -0.336 e. The fourth-order valence-corrected chi connectivity index (χ4v) is 5.06. The van der Waals surface area contributed by atoms with Gasteiger partial charge >= 0.3 is 0 Å². The van der Waals surface area contributed by atoms with Gasteiger partial charge < -0.3 is 9.80 Å². The van der Waals surface area contributed by atoms with Gasteiger partial charge in [-0.3, -0.25) is 9.59 Å². The van der Waals surface area contributed by atoms with Gasteiger partial charge in [-0.25, -0.2) is 8.78 Å². The second-order valence-corrected chi connectivity index (χ2v) is 8.56. The second kappa shape index (κ2) is 8.39. The van der Waals surface area contributed by atoms with Gasteiger partial charge in [-0.15, -0.1) is 23.1 Å². The summed E-state index contributed by atoms with van der Waals surface area (Å²) in [4.78, 5) is 29.0. The third-order valence-corrected chi connectivity index (χ3v) is 6.72. The maximum Gasteiger partial charge on any atom is 0.263 e. The quantitative estimate of drug-likeness (QED) is 0.718. The third kappa shape index (κ3) is 4.16. The maximum atomic E-state index is 14.3. The van der Waals surface area contributed by atoms with Crippen LogP contribution < -0.4 is 0 Å². The summed E-state index contributed by atoms with van der Waals surface area (Å²) in [7, 11) is 0. The Hall–Kier alpha value is -1.93.